The van der Waals surface area contributed by atoms with E-state index in [2.05, 4.69) is 4.72 Å². The van der Waals surface area contributed by atoms with Crippen molar-refractivity contribution in [1.29, 1.82) is 0 Å². The molecule has 7 nitrogen and oxygen atoms in total. The van der Waals surface area contributed by atoms with Crippen LogP contribution in [0.25, 0.3) is 0 Å². The monoisotopic (exact) mass is 438 g/mol. The van der Waals surface area contributed by atoms with Gasteiger partial charge in [-0.3, -0.25) is 0 Å². The Hall–Kier alpha value is -1.94. The molecular weight excluding hydrogens is 412 g/mol. The average Bonchev–Trinajstić information content (AvgIpc) is 2.74. The van der Waals surface area contributed by atoms with Crippen LogP contribution in [0.15, 0.2) is 58.3 Å². The summed E-state index contributed by atoms with van der Waals surface area (Å²) >= 11 is 0. The molecule has 2 aromatic carbocycles. The number of ether oxygens (including phenoxy) is 1. The standard InChI is InChI=1S/C20H26N2O5S2/c1-3-16-4-8-19(9-5-16)28(23,24)21-17-12-14-22(15-13-17)29(25,26)20-10-6-18(27-2)7-11-20/h4-11,17,21H,3,12-15H2,1-2H3. The summed E-state index contributed by atoms with van der Waals surface area (Å²) in [7, 11) is -5.72. The molecule has 3 rings (SSSR count). The van der Waals surface area contributed by atoms with Gasteiger partial charge in [0.05, 0.1) is 16.9 Å². The Labute approximate surface area is 172 Å². The first-order chi connectivity index (χ1) is 13.8. The van der Waals surface area contributed by atoms with Crippen molar-refractivity contribution in [3.05, 3.63) is 54.1 Å². The molecule has 29 heavy (non-hydrogen) atoms. The van der Waals surface area contributed by atoms with E-state index in [1.54, 1.807) is 36.4 Å². The van der Waals surface area contributed by atoms with Gasteiger partial charge in [-0.2, -0.15) is 4.31 Å². The third kappa shape index (κ3) is 4.98. The van der Waals surface area contributed by atoms with Crippen LogP contribution in [0.2, 0.25) is 0 Å². The predicted molar refractivity (Wildman–Crippen MR) is 111 cm³/mol. The molecule has 1 saturated heterocycles. The molecular formula is C20H26N2O5S2. The highest BCUT2D eigenvalue weighted by molar-refractivity contribution is 7.89. The number of hydrogen-bond acceptors (Lipinski definition) is 5. The molecule has 158 valence electrons. The second-order valence-corrected chi connectivity index (χ2v) is 10.6. The lowest BCUT2D eigenvalue weighted by atomic mass is 10.1. The Kier molecular flexibility index (Phi) is 6.62. The number of hydrogen-bond donors (Lipinski definition) is 1. The van der Waals surface area contributed by atoms with Crippen molar-refractivity contribution in [2.75, 3.05) is 20.2 Å². The van der Waals surface area contributed by atoms with Crippen LogP contribution in [-0.2, 0) is 26.5 Å². The molecule has 0 aromatic heterocycles. The van der Waals surface area contributed by atoms with Gasteiger partial charge in [-0.05, 0) is 61.2 Å². The summed E-state index contributed by atoms with van der Waals surface area (Å²) in [5.41, 5.74) is 1.07. The Morgan fingerprint density at radius 3 is 2.00 bits per heavy atom. The minimum atomic E-state index is -3.63. The molecule has 1 N–H and O–H groups in total. The summed E-state index contributed by atoms with van der Waals surface area (Å²) in [5.74, 6) is 0.587. The van der Waals surface area contributed by atoms with E-state index in [1.165, 1.54) is 23.5 Å². The largest absolute Gasteiger partial charge is 0.497 e. The quantitative estimate of drug-likeness (QED) is 0.717. The smallest absolute Gasteiger partial charge is 0.243 e. The van der Waals surface area contributed by atoms with Gasteiger partial charge < -0.3 is 4.74 Å². The van der Waals surface area contributed by atoms with E-state index < -0.39 is 20.0 Å². The van der Waals surface area contributed by atoms with Gasteiger partial charge in [0.25, 0.3) is 0 Å². The molecule has 0 spiro atoms. The summed E-state index contributed by atoms with van der Waals surface area (Å²) in [6.07, 6.45) is 1.68. The molecule has 1 fully saturated rings. The van der Waals surface area contributed by atoms with E-state index in [0.29, 0.717) is 18.6 Å². The van der Waals surface area contributed by atoms with Crippen LogP contribution in [-0.4, -0.2) is 47.4 Å². The third-order valence-corrected chi connectivity index (χ3v) is 8.56. The maximum Gasteiger partial charge on any atom is 0.243 e. The van der Waals surface area contributed by atoms with E-state index in [9.17, 15) is 16.8 Å². The van der Waals surface area contributed by atoms with Gasteiger partial charge in [0.2, 0.25) is 20.0 Å². The number of aryl methyl sites for hydroxylation is 1. The summed E-state index contributed by atoms with van der Waals surface area (Å²) in [5, 5.41) is 0. The van der Waals surface area contributed by atoms with Gasteiger partial charge in [0.1, 0.15) is 5.75 Å². The molecule has 9 heteroatoms. The van der Waals surface area contributed by atoms with Crippen LogP contribution in [0, 0.1) is 0 Å². The number of nitrogens with zero attached hydrogens (tertiary/aromatic N) is 1. The number of rotatable bonds is 7. The van der Waals surface area contributed by atoms with Gasteiger partial charge in [-0.15, -0.1) is 0 Å². The zero-order chi connectivity index (χ0) is 21.1. The van der Waals surface area contributed by atoms with Gasteiger partial charge in [0.15, 0.2) is 0 Å². The second-order valence-electron chi connectivity index (χ2n) is 6.97. The molecule has 0 aliphatic carbocycles. The molecule has 2 aromatic rings. The second kappa shape index (κ2) is 8.83. The Bertz CT molecular complexity index is 1030. The maximum absolute atomic E-state index is 12.8. The van der Waals surface area contributed by atoms with Crippen LogP contribution in [0.1, 0.15) is 25.3 Å². The zero-order valence-corrected chi connectivity index (χ0v) is 18.2. The lowest BCUT2D eigenvalue weighted by Crippen LogP contribution is -2.46. The number of piperidine rings is 1. The molecule has 1 aliphatic rings. The normalized spacial score (nSPS) is 16.6. The highest BCUT2D eigenvalue weighted by Gasteiger charge is 2.31. The maximum atomic E-state index is 12.8. The van der Waals surface area contributed by atoms with Gasteiger partial charge in [-0.25, -0.2) is 21.6 Å². The van der Waals surface area contributed by atoms with Crippen LogP contribution in [0.4, 0.5) is 0 Å². The molecule has 0 radical (unpaired) electrons. The Morgan fingerprint density at radius 2 is 1.48 bits per heavy atom. The van der Waals surface area contributed by atoms with E-state index in [-0.39, 0.29) is 28.9 Å². The number of sulfonamides is 2. The molecule has 0 amide bonds. The van der Waals surface area contributed by atoms with Crippen molar-refractivity contribution in [3.8, 4) is 5.75 Å². The topological polar surface area (TPSA) is 92.8 Å². The highest BCUT2D eigenvalue weighted by atomic mass is 32.2. The van der Waals surface area contributed by atoms with Gasteiger partial charge in [-0.1, -0.05) is 19.1 Å². The van der Waals surface area contributed by atoms with Crippen molar-refractivity contribution in [2.24, 2.45) is 0 Å². The number of nitrogens with one attached hydrogen (secondary N) is 1. The fraction of sp³-hybridized carbons (Fsp3) is 0.400. The van der Waals surface area contributed by atoms with Crippen molar-refractivity contribution in [2.45, 2.75) is 42.0 Å². The van der Waals surface area contributed by atoms with Crippen LogP contribution in [0.3, 0.4) is 0 Å². The first-order valence-electron chi connectivity index (χ1n) is 9.52. The van der Waals surface area contributed by atoms with Crippen molar-refractivity contribution in [3.63, 3.8) is 0 Å². The molecule has 1 heterocycles. The van der Waals surface area contributed by atoms with E-state index in [0.717, 1.165) is 12.0 Å². The minimum Gasteiger partial charge on any atom is -0.497 e. The summed E-state index contributed by atoms with van der Waals surface area (Å²) in [6, 6.07) is 12.8. The summed E-state index contributed by atoms with van der Waals surface area (Å²) in [6.45, 7) is 2.53. The highest BCUT2D eigenvalue weighted by Crippen LogP contribution is 2.23. The lowest BCUT2D eigenvalue weighted by Gasteiger charge is -2.31. The van der Waals surface area contributed by atoms with Gasteiger partial charge >= 0.3 is 0 Å². The first-order valence-corrected chi connectivity index (χ1v) is 12.4. The van der Waals surface area contributed by atoms with Crippen LogP contribution < -0.4 is 9.46 Å². The van der Waals surface area contributed by atoms with E-state index >= 15 is 0 Å². The Balaban J connectivity index is 1.63. The van der Waals surface area contributed by atoms with E-state index in [4.69, 9.17) is 4.74 Å². The number of methoxy groups -OCH3 is 1. The summed E-state index contributed by atoms with van der Waals surface area (Å²) in [4.78, 5) is 0.427. The minimum absolute atomic E-state index is 0.202. The Morgan fingerprint density at radius 1 is 0.931 bits per heavy atom. The van der Waals surface area contributed by atoms with Crippen LogP contribution in [0.5, 0.6) is 5.75 Å². The third-order valence-electron chi connectivity index (χ3n) is 5.11. The molecule has 0 saturated carbocycles. The van der Waals surface area contributed by atoms with E-state index in [1.807, 2.05) is 6.92 Å². The molecule has 1 aliphatic heterocycles. The zero-order valence-electron chi connectivity index (χ0n) is 16.5. The fourth-order valence-electron chi connectivity index (χ4n) is 3.30. The first kappa shape index (κ1) is 21.8. The molecule has 0 bridgehead atoms. The SMILES string of the molecule is CCc1ccc(S(=O)(=O)NC2CCN(S(=O)(=O)c3ccc(OC)cc3)CC2)cc1. The number of benzene rings is 2. The molecule has 0 atom stereocenters. The lowest BCUT2D eigenvalue weighted by molar-refractivity contribution is 0.308. The predicted octanol–water partition coefficient (Wildman–Crippen LogP) is 2.39. The van der Waals surface area contributed by atoms with Crippen LogP contribution >= 0.6 is 0 Å². The van der Waals surface area contributed by atoms with Crippen molar-refractivity contribution in [1.82, 2.24) is 9.03 Å². The average molecular weight is 439 g/mol. The fourth-order valence-corrected chi connectivity index (χ4v) is 6.08. The van der Waals surface area contributed by atoms with Gasteiger partial charge in [0, 0.05) is 19.1 Å². The van der Waals surface area contributed by atoms with Crippen molar-refractivity contribution < 1.29 is 21.6 Å². The summed E-state index contributed by atoms with van der Waals surface area (Å²) < 4.78 is 60.0. The van der Waals surface area contributed by atoms with Crippen molar-refractivity contribution >= 4 is 20.0 Å². The molecule has 0 unspecified atom stereocenters.